The number of anilines is 1. The van der Waals surface area contributed by atoms with Crippen LogP contribution in [0.25, 0.3) is 5.65 Å². The van der Waals surface area contributed by atoms with Crippen molar-refractivity contribution in [1.29, 1.82) is 0 Å². The van der Waals surface area contributed by atoms with Crippen LogP contribution in [0.5, 0.6) is 5.75 Å². The Morgan fingerprint density at radius 1 is 1.33 bits per heavy atom. The zero-order valence-corrected chi connectivity index (χ0v) is 15.9. The van der Waals surface area contributed by atoms with Crippen molar-refractivity contribution in [2.45, 2.75) is 6.54 Å². The first kappa shape index (κ1) is 17.2. The van der Waals surface area contributed by atoms with E-state index in [1.54, 1.807) is 47.2 Å². The minimum Gasteiger partial charge on any atom is -0.497 e. The number of methoxy groups -OCH3 is 1. The summed E-state index contributed by atoms with van der Waals surface area (Å²) in [7, 11) is 1.63. The van der Waals surface area contributed by atoms with Gasteiger partial charge in [-0.3, -0.25) is 9.48 Å². The van der Waals surface area contributed by atoms with Crippen LogP contribution in [0.3, 0.4) is 0 Å². The highest BCUT2D eigenvalue weighted by atomic mass is 79.9. The van der Waals surface area contributed by atoms with E-state index in [4.69, 9.17) is 4.74 Å². The molecule has 0 aliphatic carbocycles. The summed E-state index contributed by atoms with van der Waals surface area (Å²) < 4.78 is 9.06. The van der Waals surface area contributed by atoms with Crippen molar-refractivity contribution in [1.82, 2.24) is 24.4 Å². The molecule has 136 valence electrons. The lowest BCUT2D eigenvalue weighted by Gasteiger charge is -2.04. The standard InChI is InChI=1S/C18H15BrN6O2/c1-27-14-5-2-4-12(8-14)10-24-11-13(9-21-24)22-18(26)16-15(19)17-20-6-3-7-25(17)23-16/h2-9,11H,10H2,1H3,(H,22,26). The van der Waals surface area contributed by atoms with E-state index in [0.717, 1.165) is 11.3 Å². The number of nitrogens with zero attached hydrogens (tertiary/aromatic N) is 5. The molecule has 0 aliphatic rings. The number of halogens is 1. The molecule has 0 radical (unpaired) electrons. The van der Waals surface area contributed by atoms with Gasteiger partial charge in [-0.05, 0) is 39.7 Å². The molecule has 8 nitrogen and oxygen atoms in total. The first-order chi connectivity index (χ1) is 13.1. The molecule has 3 heterocycles. The Labute approximate surface area is 162 Å². The first-order valence-corrected chi connectivity index (χ1v) is 8.89. The van der Waals surface area contributed by atoms with Gasteiger partial charge in [0.2, 0.25) is 0 Å². The number of nitrogens with one attached hydrogen (secondary N) is 1. The molecule has 0 saturated carbocycles. The van der Waals surface area contributed by atoms with E-state index in [2.05, 4.69) is 36.4 Å². The molecule has 4 rings (SSSR count). The minimum atomic E-state index is -0.340. The van der Waals surface area contributed by atoms with Gasteiger partial charge in [-0.1, -0.05) is 12.1 Å². The molecule has 3 aromatic heterocycles. The van der Waals surface area contributed by atoms with Gasteiger partial charge in [-0.15, -0.1) is 0 Å². The SMILES string of the molecule is COc1cccc(Cn2cc(NC(=O)c3nn4cccnc4c3Br)cn2)c1. The summed E-state index contributed by atoms with van der Waals surface area (Å²) in [6.45, 7) is 0.565. The number of carbonyl (C=O) groups excluding carboxylic acids is 1. The number of fused-ring (bicyclic) bond motifs is 1. The molecule has 0 fully saturated rings. The van der Waals surface area contributed by atoms with E-state index in [1.807, 2.05) is 24.3 Å². The smallest absolute Gasteiger partial charge is 0.277 e. The third-order valence-corrected chi connectivity index (χ3v) is 4.65. The van der Waals surface area contributed by atoms with Crippen LogP contribution >= 0.6 is 15.9 Å². The van der Waals surface area contributed by atoms with Crippen molar-refractivity contribution in [2.75, 3.05) is 12.4 Å². The van der Waals surface area contributed by atoms with E-state index in [1.165, 1.54) is 0 Å². The van der Waals surface area contributed by atoms with Crippen LogP contribution < -0.4 is 10.1 Å². The summed E-state index contributed by atoms with van der Waals surface area (Å²) in [6, 6.07) is 9.50. The summed E-state index contributed by atoms with van der Waals surface area (Å²) in [5.41, 5.74) is 2.47. The number of hydrogen-bond acceptors (Lipinski definition) is 5. The Kier molecular flexibility index (Phi) is 4.59. The molecule has 27 heavy (non-hydrogen) atoms. The normalized spacial score (nSPS) is 10.9. The van der Waals surface area contributed by atoms with Gasteiger partial charge in [0, 0.05) is 18.6 Å². The van der Waals surface area contributed by atoms with Crippen LogP contribution in [-0.4, -0.2) is 37.4 Å². The van der Waals surface area contributed by atoms with Gasteiger partial charge in [-0.25, -0.2) is 9.50 Å². The van der Waals surface area contributed by atoms with Crippen LogP contribution in [-0.2, 0) is 6.54 Å². The second-order valence-electron chi connectivity index (χ2n) is 5.78. The van der Waals surface area contributed by atoms with Crippen molar-refractivity contribution in [2.24, 2.45) is 0 Å². The lowest BCUT2D eigenvalue weighted by Crippen LogP contribution is -2.13. The molecule has 4 aromatic rings. The molecule has 1 aromatic carbocycles. The molecule has 1 N–H and O–H groups in total. The molecular formula is C18H15BrN6O2. The Morgan fingerprint density at radius 3 is 3.04 bits per heavy atom. The number of ether oxygens (including phenoxy) is 1. The van der Waals surface area contributed by atoms with Crippen molar-refractivity contribution in [3.8, 4) is 5.75 Å². The average Bonchev–Trinajstić information content (AvgIpc) is 3.26. The number of carbonyl (C=O) groups is 1. The molecular weight excluding hydrogens is 412 g/mol. The van der Waals surface area contributed by atoms with Crippen LogP contribution in [0.1, 0.15) is 16.1 Å². The Bertz CT molecular complexity index is 1120. The van der Waals surface area contributed by atoms with Crippen molar-refractivity contribution in [3.05, 3.63) is 70.8 Å². The van der Waals surface area contributed by atoms with Gasteiger partial charge >= 0.3 is 0 Å². The van der Waals surface area contributed by atoms with Crippen molar-refractivity contribution >= 4 is 33.2 Å². The maximum absolute atomic E-state index is 12.6. The lowest BCUT2D eigenvalue weighted by atomic mass is 10.2. The zero-order chi connectivity index (χ0) is 18.8. The Balaban J connectivity index is 1.50. The van der Waals surface area contributed by atoms with Gasteiger partial charge in [-0.2, -0.15) is 10.2 Å². The second kappa shape index (κ2) is 7.20. The number of amides is 1. The summed E-state index contributed by atoms with van der Waals surface area (Å²) in [5.74, 6) is 0.451. The van der Waals surface area contributed by atoms with E-state index in [-0.39, 0.29) is 11.6 Å². The van der Waals surface area contributed by atoms with Gasteiger partial charge in [0.25, 0.3) is 5.91 Å². The van der Waals surface area contributed by atoms with Crippen LogP contribution in [0.15, 0.2) is 59.6 Å². The van der Waals surface area contributed by atoms with Crippen molar-refractivity contribution < 1.29 is 9.53 Å². The summed E-state index contributed by atoms with van der Waals surface area (Å²) in [6.07, 6.45) is 6.74. The summed E-state index contributed by atoms with van der Waals surface area (Å²) >= 11 is 3.39. The number of aromatic nitrogens is 5. The van der Waals surface area contributed by atoms with Gasteiger partial charge in [0.05, 0.1) is 30.0 Å². The predicted molar refractivity (Wildman–Crippen MR) is 103 cm³/mol. The average molecular weight is 427 g/mol. The van der Waals surface area contributed by atoms with E-state index >= 15 is 0 Å². The molecule has 0 saturated heterocycles. The maximum Gasteiger partial charge on any atom is 0.277 e. The number of rotatable bonds is 5. The highest BCUT2D eigenvalue weighted by Crippen LogP contribution is 2.22. The third-order valence-electron chi connectivity index (χ3n) is 3.92. The summed E-state index contributed by atoms with van der Waals surface area (Å²) in [5, 5.41) is 11.4. The van der Waals surface area contributed by atoms with Gasteiger partial charge < -0.3 is 10.1 Å². The molecule has 9 heteroatoms. The van der Waals surface area contributed by atoms with Crippen LogP contribution in [0.4, 0.5) is 5.69 Å². The zero-order valence-electron chi connectivity index (χ0n) is 14.3. The fourth-order valence-corrected chi connectivity index (χ4v) is 3.21. The second-order valence-corrected chi connectivity index (χ2v) is 6.58. The summed E-state index contributed by atoms with van der Waals surface area (Å²) in [4.78, 5) is 16.8. The maximum atomic E-state index is 12.6. The van der Waals surface area contributed by atoms with Crippen LogP contribution in [0.2, 0.25) is 0 Å². The molecule has 0 aliphatic heterocycles. The first-order valence-electron chi connectivity index (χ1n) is 8.09. The van der Waals surface area contributed by atoms with E-state index in [9.17, 15) is 4.79 Å². The predicted octanol–water partition coefficient (Wildman–Crippen LogP) is 3.00. The number of hydrogen-bond donors (Lipinski definition) is 1. The topological polar surface area (TPSA) is 86.3 Å². The van der Waals surface area contributed by atoms with Crippen LogP contribution in [0, 0.1) is 0 Å². The largest absolute Gasteiger partial charge is 0.497 e. The van der Waals surface area contributed by atoms with Gasteiger partial charge in [0.1, 0.15) is 5.75 Å². The minimum absolute atomic E-state index is 0.259. The quantitative estimate of drug-likeness (QED) is 0.529. The van der Waals surface area contributed by atoms with E-state index in [0.29, 0.717) is 22.4 Å². The lowest BCUT2D eigenvalue weighted by molar-refractivity contribution is 0.102. The fourth-order valence-electron chi connectivity index (χ4n) is 2.67. The monoisotopic (exact) mass is 426 g/mol. The highest BCUT2D eigenvalue weighted by Gasteiger charge is 2.18. The number of benzene rings is 1. The highest BCUT2D eigenvalue weighted by molar-refractivity contribution is 9.10. The molecule has 1 amide bonds. The molecule has 0 bridgehead atoms. The Morgan fingerprint density at radius 2 is 2.22 bits per heavy atom. The molecule has 0 spiro atoms. The molecule has 0 unspecified atom stereocenters. The van der Waals surface area contributed by atoms with Gasteiger partial charge in [0.15, 0.2) is 11.3 Å². The Hall–Kier alpha value is -3.20. The third kappa shape index (κ3) is 3.54. The fraction of sp³-hybridized carbons (Fsp3) is 0.111. The van der Waals surface area contributed by atoms with E-state index < -0.39 is 0 Å². The van der Waals surface area contributed by atoms with Crippen molar-refractivity contribution in [3.63, 3.8) is 0 Å². The molecule has 0 atom stereocenters.